The average Bonchev–Trinajstić information content (AvgIpc) is 2.21. The number of hydrogen-bond acceptors (Lipinski definition) is 1. The van der Waals surface area contributed by atoms with Crippen LogP contribution < -0.4 is 5.73 Å². The highest BCUT2D eigenvalue weighted by molar-refractivity contribution is 5.04. The van der Waals surface area contributed by atoms with Crippen molar-refractivity contribution in [1.29, 1.82) is 0 Å². The maximum absolute atomic E-state index is 6.06. The molecule has 0 saturated heterocycles. The third kappa shape index (κ3) is 0.807. The minimum atomic E-state index is 0.515. The Morgan fingerprint density at radius 1 is 1.00 bits per heavy atom. The molecule has 2 N–H and O–H groups in total. The van der Waals surface area contributed by atoms with E-state index in [4.69, 9.17) is 5.73 Å². The quantitative estimate of drug-likeness (QED) is 0.565. The average molecular weight is 153 g/mol. The summed E-state index contributed by atoms with van der Waals surface area (Å²) in [4.78, 5) is 0. The van der Waals surface area contributed by atoms with Crippen LogP contribution in [0.1, 0.15) is 27.2 Å². The zero-order chi connectivity index (χ0) is 8.17. The smallest absolute Gasteiger partial charge is 0.00753 e. The first-order valence-corrected chi connectivity index (χ1v) is 4.88. The van der Waals surface area contributed by atoms with E-state index in [0.29, 0.717) is 6.04 Å². The molecule has 2 rings (SSSR count). The number of fused-ring (bicyclic) bond motifs is 1. The van der Waals surface area contributed by atoms with Gasteiger partial charge in [0, 0.05) is 6.04 Å². The van der Waals surface area contributed by atoms with E-state index in [1.165, 1.54) is 6.42 Å². The van der Waals surface area contributed by atoms with Crippen LogP contribution in [0.5, 0.6) is 0 Å². The van der Waals surface area contributed by atoms with Gasteiger partial charge in [-0.1, -0.05) is 20.8 Å². The summed E-state index contributed by atoms with van der Waals surface area (Å²) < 4.78 is 0. The molecule has 2 aliphatic rings. The Bertz CT molecular complexity index is 140. The van der Waals surface area contributed by atoms with E-state index in [1.54, 1.807) is 0 Å². The summed E-state index contributed by atoms with van der Waals surface area (Å²) >= 11 is 0. The van der Waals surface area contributed by atoms with Crippen molar-refractivity contribution in [3.05, 3.63) is 0 Å². The van der Waals surface area contributed by atoms with Gasteiger partial charge in [0.25, 0.3) is 0 Å². The van der Waals surface area contributed by atoms with Gasteiger partial charge in [0.1, 0.15) is 0 Å². The van der Waals surface area contributed by atoms with Gasteiger partial charge in [-0.25, -0.2) is 0 Å². The van der Waals surface area contributed by atoms with Crippen LogP contribution in [-0.2, 0) is 0 Å². The summed E-state index contributed by atoms with van der Waals surface area (Å²) in [5.74, 6) is 4.53. The van der Waals surface area contributed by atoms with Gasteiger partial charge in [-0.2, -0.15) is 0 Å². The molecule has 64 valence electrons. The van der Waals surface area contributed by atoms with Gasteiger partial charge in [-0.15, -0.1) is 0 Å². The molecule has 0 spiro atoms. The summed E-state index contributed by atoms with van der Waals surface area (Å²) in [5, 5.41) is 0. The SMILES string of the molecule is CC1CC(N)C2C(C)C(C)C12. The molecule has 6 atom stereocenters. The van der Waals surface area contributed by atoms with Crippen molar-refractivity contribution in [1.82, 2.24) is 0 Å². The van der Waals surface area contributed by atoms with Gasteiger partial charge in [-0.3, -0.25) is 0 Å². The van der Waals surface area contributed by atoms with Crippen LogP contribution in [-0.4, -0.2) is 6.04 Å². The van der Waals surface area contributed by atoms with Gasteiger partial charge in [0.2, 0.25) is 0 Å². The Labute approximate surface area is 69.4 Å². The first kappa shape index (κ1) is 7.60. The van der Waals surface area contributed by atoms with Crippen molar-refractivity contribution < 1.29 is 0 Å². The Balaban J connectivity index is 2.14. The van der Waals surface area contributed by atoms with Crippen LogP contribution in [0, 0.1) is 29.6 Å². The largest absolute Gasteiger partial charge is 0.327 e. The summed E-state index contributed by atoms with van der Waals surface area (Å²) in [5.41, 5.74) is 6.06. The molecule has 1 heteroatoms. The maximum atomic E-state index is 6.06. The molecule has 2 saturated carbocycles. The fourth-order valence-corrected chi connectivity index (χ4v) is 3.57. The lowest BCUT2D eigenvalue weighted by atomic mass is 9.57. The minimum Gasteiger partial charge on any atom is -0.327 e. The molecule has 0 aromatic rings. The summed E-state index contributed by atoms with van der Waals surface area (Å²) in [7, 11) is 0. The first-order valence-electron chi connectivity index (χ1n) is 4.88. The van der Waals surface area contributed by atoms with Gasteiger partial charge in [0.05, 0.1) is 0 Å². The molecule has 11 heavy (non-hydrogen) atoms. The second kappa shape index (κ2) is 2.22. The molecule has 0 radical (unpaired) electrons. The van der Waals surface area contributed by atoms with Gasteiger partial charge < -0.3 is 5.73 Å². The van der Waals surface area contributed by atoms with Crippen molar-refractivity contribution in [2.75, 3.05) is 0 Å². The lowest BCUT2D eigenvalue weighted by Gasteiger charge is -2.48. The molecule has 0 aromatic carbocycles. The van der Waals surface area contributed by atoms with Crippen LogP contribution in [0.4, 0.5) is 0 Å². The number of rotatable bonds is 0. The van der Waals surface area contributed by atoms with Crippen molar-refractivity contribution in [3.63, 3.8) is 0 Å². The molecule has 6 unspecified atom stereocenters. The fraction of sp³-hybridized carbons (Fsp3) is 1.00. The monoisotopic (exact) mass is 153 g/mol. The zero-order valence-corrected chi connectivity index (χ0v) is 7.75. The van der Waals surface area contributed by atoms with Crippen molar-refractivity contribution in [2.45, 2.75) is 33.2 Å². The Morgan fingerprint density at radius 2 is 1.55 bits per heavy atom. The molecular formula is C10H19N. The van der Waals surface area contributed by atoms with Crippen LogP contribution in [0.2, 0.25) is 0 Å². The molecule has 0 heterocycles. The Kier molecular flexibility index (Phi) is 1.54. The van der Waals surface area contributed by atoms with Crippen molar-refractivity contribution in [2.24, 2.45) is 35.3 Å². The first-order chi connectivity index (χ1) is 5.13. The Morgan fingerprint density at radius 3 is 2.09 bits per heavy atom. The number of hydrogen-bond donors (Lipinski definition) is 1. The fourth-order valence-electron chi connectivity index (χ4n) is 3.57. The van der Waals surface area contributed by atoms with Crippen LogP contribution in [0.25, 0.3) is 0 Å². The summed E-state index contributed by atoms with van der Waals surface area (Å²) in [6.07, 6.45) is 1.27. The van der Waals surface area contributed by atoms with E-state index in [9.17, 15) is 0 Å². The second-order valence-electron chi connectivity index (χ2n) is 4.75. The highest BCUT2D eigenvalue weighted by Crippen LogP contribution is 2.56. The van der Waals surface area contributed by atoms with Crippen molar-refractivity contribution in [3.8, 4) is 0 Å². The Hall–Kier alpha value is -0.0400. The van der Waals surface area contributed by atoms with E-state index >= 15 is 0 Å². The topological polar surface area (TPSA) is 26.0 Å². The van der Waals surface area contributed by atoms with E-state index in [-0.39, 0.29) is 0 Å². The molecule has 1 nitrogen and oxygen atoms in total. The van der Waals surface area contributed by atoms with E-state index < -0.39 is 0 Å². The highest BCUT2D eigenvalue weighted by Gasteiger charge is 2.54. The summed E-state index contributed by atoms with van der Waals surface area (Å²) in [6, 6.07) is 0.515. The predicted molar refractivity (Wildman–Crippen MR) is 47.1 cm³/mol. The van der Waals surface area contributed by atoms with E-state index in [2.05, 4.69) is 20.8 Å². The van der Waals surface area contributed by atoms with Crippen LogP contribution >= 0.6 is 0 Å². The lowest BCUT2D eigenvalue weighted by Crippen LogP contribution is -2.48. The third-order valence-corrected chi connectivity index (χ3v) is 4.28. The molecule has 0 aromatic heterocycles. The van der Waals surface area contributed by atoms with Gasteiger partial charge >= 0.3 is 0 Å². The minimum absolute atomic E-state index is 0.515. The third-order valence-electron chi connectivity index (χ3n) is 4.28. The normalized spacial score (nSPS) is 62.2. The standard InChI is InChI=1S/C10H19N/c1-5-4-8(11)10-7(3)6(2)9(5)10/h5-10H,4,11H2,1-3H3. The summed E-state index contributed by atoms with van der Waals surface area (Å²) in [6.45, 7) is 7.12. The number of nitrogens with two attached hydrogens (primary N) is 1. The molecular weight excluding hydrogens is 134 g/mol. The van der Waals surface area contributed by atoms with E-state index in [0.717, 1.165) is 29.6 Å². The second-order valence-corrected chi connectivity index (χ2v) is 4.75. The van der Waals surface area contributed by atoms with E-state index in [1.807, 2.05) is 0 Å². The van der Waals surface area contributed by atoms with Crippen molar-refractivity contribution >= 4 is 0 Å². The van der Waals surface area contributed by atoms with Gasteiger partial charge in [-0.05, 0) is 36.0 Å². The molecule has 2 fully saturated rings. The zero-order valence-electron chi connectivity index (χ0n) is 7.75. The molecule has 0 bridgehead atoms. The molecule has 2 aliphatic carbocycles. The van der Waals surface area contributed by atoms with Gasteiger partial charge in [0.15, 0.2) is 0 Å². The molecule has 0 aliphatic heterocycles. The molecule has 0 amide bonds. The lowest BCUT2D eigenvalue weighted by molar-refractivity contribution is 0.00115. The maximum Gasteiger partial charge on any atom is 0.00753 e. The van der Waals surface area contributed by atoms with Crippen LogP contribution in [0.3, 0.4) is 0 Å². The predicted octanol–water partition coefficient (Wildman–Crippen LogP) is 1.87. The van der Waals surface area contributed by atoms with Crippen LogP contribution in [0.15, 0.2) is 0 Å². The highest BCUT2D eigenvalue weighted by atomic mass is 14.8.